The number of carbonyl (C=O) groups is 1. The molecule has 0 aromatic heterocycles. The molecule has 1 amide bonds. The summed E-state index contributed by atoms with van der Waals surface area (Å²) >= 11 is 0. The lowest BCUT2D eigenvalue weighted by Gasteiger charge is -2.23. The number of nitrogens with one attached hydrogen (secondary N) is 2. The highest BCUT2D eigenvalue weighted by Crippen LogP contribution is 2.05. The van der Waals surface area contributed by atoms with Crippen molar-refractivity contribution in [1.29, 1.82) is 0 Å². The molecule has 1 atom stereocenters. The SMILES string of the molecule is CCCCC(C)NCC(=O)NC1CCOCC1. The van der Waals surface area contributed by atoms with Crippen LogP contribution in [0.4, 0.5) is 0 Å². The summed E-state index contributed by atoms with van der Waals surface area (Å²) in [5.74, 6) is 0.111. The molecule has 17 heavy (non-hydrogen) atoms. The van der Waals surface area contributed by atoms with Gasteiger partial charge in [0.05, 0.1) is 6.54 Å². The van der Waals surface area contributed by atoms with E-state index in [0.717, 1.165) is 32.5 Å². The number of unbranched alkanes of at least 4 members (excludes halogenated alkanes) is 1. The van der Waals surface area contributed by atoms with E-state index in [2.05, 4.69) is 24.5 Å². The summed E-state index contributed by atoms with van der Waals surface area (Å²) < 4.78 is 5.26. The normalized spacial score (nSPS) is 18.9. The molecule has 1 aliphatic heterocycles. The highest BCUT2D eigenvalue weighted by molar-refractivity contribution is 5.78. The molecule has 1 aliphatic rings. The Morgan fingerprint density at radius 1 is 1.41 bits per heavy atom. The lowest BCUT2D eigenvalue weighted by molar-refractivity contribution is -0.121. The molecule has 4 heteroatoms. The zero-order valence-electron chi connectivity index (χ0n) is 11.1. The molecule has 1 fully saturated rings. The van der Waals surface area contributed by atoms with Gasteiger partial charge in [0.2, 0.25) is 5.91 Å². The number of carbonyl (C=O) groups excluding carboxylic acids is 1. The van der Waals surface area contributed by atoms with Gasteiger partial charge < -0.3 is 15.4 Å². The maximum absolute atomic E-state index is 11.7. The molecular weight excluding hydrogens is 216 g/mol. The van der Waals surface area contributed by atoms with E-state index in [1.54, 1.807) is 0 Å². The minimum atomic E-state index is 0.111. The molecule has 0 bridgehead atoms. The Morgan fingerprint density at radius 3 is 2.76 bits per heavy atom. The highest BCUT2D eigenvalue weighted by Gasteiger charge is 2.15. The summed E-state index contributed by atoms with van der Waals surface area (Å²) in [6.07, 6.45) is 5.45. The van der Waals surface area contributed by atoms with Crippen LogP contribution in [-0.4, -0.2) is 37.7 Å². The van der Waals surface area contributed by atoms with Gasteiger partial charge in [0, 0.05) is 25.3 Å². The van der Waals surface area contributed by atoms with Crippen molar-refractivity contribution in [1.82, 2.24) is 10.6 Å². The number of rotatable bonds is 7. The molecule has 1 unspecified atom stereocenters. The van der Waals surface area contributed by atoms with E-state index in [4.69, 9.17) is 4.74 Å². The Hall–Kier alpha value is -0.610. The van der Waals surface area contributed by atoms with Gasteiger partial charge in [-0.05, 0) is 26.2 Å². The second-order valence-electron chi connectivity index (χ2n) is 4.88. The molecule has 4 nitrogen and oxygen atoms in total. The maximum Gasteiger partial charge on any atom is 0.234 e. The van der Waals surface area contributed by atoms with Gasteiger partial charge in [0.1, 0.15) is 0 Å². The fourth-order valence-electron chi connectivity index (χ4n) is 2.00. The Kier molecular flexibility index (Phi) is 7.21. The number of hydrogen-bond acceptors (Lipinski definition) is 3. The minimum Gasteiger partial charge on any atom is -0.381 e. The molecule has 2 N–H and O–H groups in total. The largest absolute Gasteiger partial charge is 0.381 e. The molecule has 0 aromatic carbocycles. The first-order valence-electron chi connectivity index (χ1n) is 6.83. The van der Waals surface area contributed by atoms with Crippen LogP contribution in [0.5, 0.6) is 0 Å². The predicted molar refractivity (Wildman–Crippen MR) is 69.0 cm³/mol. The Labute approximate surface area is 104 Å². The van der Waals surface area contributed by atoms with Crippen molar-refractivity contribution >= 4 is 5.91 Å². The molecule has 100 valence electrons. The van der Waals surface area contributed by atoms with Gasteiger partial charge in [0.25, 0.3) is 0 Å². The molecule has 0 aliphatic carbocycles. The average molecular weight is 242 g/mol. The minimum absolute atomic E-state index is 0.111. The first-order chi connectivity index (χ1) is 8.22. The van der Waals surface area contributed by atoms with E-state index in [-0.39, 0.29) is 5.91 Å². The summed E-state index contributed by atoms with van der Waals surface area (Å²) in [6.45, 7) is 6.29. The quantitative estimate of drug-likeness (QED) is 0.710. The first kappa shape index (κ1) is 14.5. The Morgan fingerprint density at radius 2 is 2.12 bits per heavy atom. The van der Waals surface area contributed by atoms with Gasteiger partial charge in [-0.25, -0.2) is 0 Å². The smallest absolute Gasteiger partial charge is 0.234 e. The van der Waals surface area contributed by atoms with Gasteiger partial charge >= 0.3 is 0 Å². The van der Waals surface area contributed by atoms with Crippen molar-refractivity contribution in [3.05, 3.63) is 0 Å². The van der Waals surface area contributed by atoms with Crippen LogP contribution in [0.3, 0.4) is 0 Å². The van der Waals surface area contributed by atoms with Crippen molar-refractivity contribution in [3.63, 3.8) is 0 Å². The van der Waals surface area contributed by atoms with Crippen molar-refractivity contribution < 1.29 is 9.53 Å². The second-order valence-corrected chi connectivity index (χ2v) is 4.88. The van der Waals surface area contributed by atoms with Crippen LogP contribution in [-0.2, 0) is 9.53 Å². The van der Waals surface area contributed by atoms with Crippen LogP contribution in [0.1, 0.15) is 46.0 Å². The second kappa shape index (κ2) is 8.48. The number of amides is 1. The van der Waals surface area contributed by atoms with Crippen LogP contribution in [0.2, 0.25) is 0 Å². The molecule has 1 saturated heterocycles. The zero-order chi connectivity index (χ0) is 12.5. The van der Waals surface area contributed by atoms with Crippen molar-refractivity contribution in [2.75, 3.05) is 19.8 Å². The fraction of sp³-hybridized carbons (Fsp3) is 0.923. The third-order valence-corrected chi connectivity index (χ3v) is 3.19. The molecule has 0 aromatic rings. The third-order valence-electron chi connectivity index (χ3n) is 3.19. The van der Waals surface area contributed by atoms with Crippen molar-refractivity contribution in [3.8, 4) is 0 Å². The summed E-state index contributed by atoms with van der Waals surface area (Å²) in [5, 5.41) is 6.31. The van der Waals surface area contributed by atoms with E-state index < -0.39 is 0 Å². The Bertz CT molecular complexity index is 215. The first-order valence-corrected chi connectivity index (χ1v) is 6.83. The summed E-state index contributed by atoms with van der Waals surface area (Å²) in [4.78, 5) is 11.7. The molecule has 0 radical (unpaired) electrons. The topological polar surface area (TPSA) is 50.4 Å². The van der Waals surface area contributed by atoms with Gasteiger partial charge in [-0.2, -0.15) is 0 Å². The van der Waals surface area contributed by atoms with Crippen LogP contribution < -0.4 is 10.6 Å². The van der Waals surface area contributed by atoms with Gasteiger partial charge in [0.15, 0.2) is 0 Å². The standard InChI is InChI=1S/C13H26N2O2/c1-3-4-5-11(2)14-10-13(16)15-12-6-8-17-9-7-12/h11-12,14H,3-10H2,1-2H3,(H,15,16). The Balaban J connectivity index is 2.07. The van der Waals surface area contributed by atoms with Crippen molar-refractivity contribution in [2.45, 2.75) is 58.0 Å². The maximum atomic E-state index is 11.7. The highest BCUT2D eigenvalue weighted by atomic mass is 16.5. The third kappa shape index (κ3) is 6.64. The van der Waals surface area contributed by atoms with Gasteiger partial charge in [-0.15, -0.1) is 0 Å². The molecule has 1 rings (SSSR count). The summed E-state index contributed by atoms with van der Waals surface area (Å²) in [6, 6.07) is 0.736. The van der Waals surface area contributed by atoms with E-state index in [1.807, 2.05) is 0 Å². The van der Waals surface area contributed by atoms with Gasteiger partial charge in [-0.3, -0.25) is 4.79 Å². The molecule has 0 saturated carbocycles. The number of ether oxygens (including phenoxy) is 1. The van der Waals surface area contributed by atoms with E-state index in [9.17, 15) is 4.79 Å². The van der Waals surface area contributed by atoms with E-state index >= 15 is 0 Å². The lowest BCUT2D eigenvalue weighted by atomic mass is 10.1. The van der Waals surface area contributed by atoms with E-state index in [1.165, 1.54) is 12.8 Å². The summed E-state index contributed by atoms with van der Waals surface area (Å²) in [5.41, 5.74) is 0. The summed E-state index contributed by atoms with van der Waals surface area (Å²) in [7, 11) is 0. The lowest BCUT2D eigenvalue weighted by Crippen LogP contribution is -2.44. The van der Waals surface area contributed by atoms with Crippen LogP contribution in [0.15, 0.2) is 0 Å². The van der Waals surface area contributed by atoms with Gasteiger partial charge in [-0.1, -0.05) is 19.8 Å². The van der Waals surface area contributed by atoms with E-state index in [0.29, 0.717) is 18.6 Å². The van der Waals surface area contributed by atoms with Crippen molar-refractivity contribution in [2.24, 2.45) is 0 Å². The van der Waals surface area contributed by atoms with Crippen LogP contribution in [0, 0.1) is 0 Å². The molecular formula is C13H26N2O2. The monoisotopic (exact) mass is 242 g/mol. The molecule has 1 heterocycles. The zero-order valence-corrected chi connectivity index (χ0v) is 11.1. The molecule has 0 spiro atoms. The van der Waals surface area contributed by atoms with Crippen LogP contribution in [0.25, 0.3) is 0 Å². The average Bonchev–Trinajstić information content (AvgIpc) is 2.35. The van der Waals surface area contributed by atoms with Crippen LogP contribution >= 0.6 is 0 Å². The predicted octanol–water partition coefficient (Wildman–Crippen LogP) is 1.45. The number of hydrogen-bond donors (Lipinski definition) is 2. The fourth-order valence-corrected chi connectivity index (χ4v) is 2.00.